The average molecular weight is 327 g/mol. The standard InChI is InChI=1S/C17H21N5O2/c1-12-8-16-19-13(9-17(23)22(16)20-12)10-21(2)15(11-24-3)14-6-4-5-7-18-14/h4-9,15,20H,10-11H2,1-3H3/t15-/m0/s1. The Labute approximate surface area is 139 Å². The molecule has 3 aromatic rings. The number of hydrogen-bond acceptors (Lipinski definition) is 5. The van der Waals surface area contributed by atoms with Crippen molar-refractivity contribution in [3.63, 3.8) is 0 Å². The van der Waals surface area contributed by atoms with Crippen molar-refractivity contribution in [1.29, 1.82) is 0 Å². The SMILES string of the molecule is COC[C@@H](c1ccccn1)N(C)Cc1cc(=O)n2[nH]c(C)cc2n1. The highest BCUT2D eigenvalue weighted by molar-refractivity contribution is 5.39. The fraction of sp³-hybridized carbons (Fsp3) is 0.353. The molecule has 0 spiro atoms. The van der Waals surface area contributed by atoms with E-state index in [1.807, 2.05) is 38.2 Å². The largest absolute Gasteiger partial charge is 0.383 e. The normalized spacial score (nSPS) is 12.8. The first-order chi connectivity index (χ1) is 11.6. The van der Waals surface area contributed by atoms with E-state index in [2.05, 4.69) is 20.0 Å². The second-order valence-corrected chi connectivity index (χ2v) is 5.86. The number of H-pyrrole nitrogens is 1. The van der Waals surface area contributed by atoms with Crippen LogP contribution in [0.5, 0.6) is 0 Å². The molecule has 7 heteroatoms. The molecule has 1 N–H and O–H groups in total. The van der Waals surface area contributed by atoms with E-state index in [1.165, 1.54) is 4.52 Å². The zero-order valence-corrected chi connectivity index (χ0v) is 14.1. The van der Waals surface area contributed by atoms with Crippen molar-refractivity contribution in [2.75, 3.05) is 20.8 Å². The van der Waals surface area contributed by atoms with E-state index in [9.17, 15) is 4.79 Å². The van der Waals surface area contributed by atoms with E-state index in [-0.39, 0.29) is 11.6 Å². The lowest BCUT2D eigenvalue weighted by atomic mass is 10.1. The molecule has 0 fully saturated rings. The van der Waals surface area contributed by atoms with E-state index >= 15 is 0 Å². The number of ether oxygens (including phenoxy) is 1. The van der Waals surface area contributed by atoms with Crippen molar-refractivity contribution in [2.45, 2.75) is 19.5 Å². The van der Waals surface area contributed by atoms with Crippen molar-refractivity contribution in [3.05, 3.63) is 64.0 Å². The highest BCUT2D eigenvalue weighted by atomic mass is 16.5. The van der Waals surface area contributed by atoms with Gasteiger partial charge in [0.15, 0.2) is 5.65 Å². The molecule has 0 saturated heterocycles. The second-order valence-electron chi connectivity index (χ2n) is 5.86. The summed E-state index contributed by atoms with van der Waals surface area (Å²) in [4.78, 5) is 23.3. The summed E-state index contributed by atoms with van der Waals surface area (Å²) in [6.07, 6.45) is 1.77. The molecule has 3 rings (SSSR count). The number of aryl methyl sites for hydroxylation is 1. The van der Waals surface area contributed by atoms with Gasteiger partial charge < -0.3 is 4.74 Å². The first-order valence-electron chi connectivity index (χ1n) is 7.77. The summed E-state index contributed by atoms with van der Waals surface area (Å²) in [7, 11) is 3.65. The predicted octanol–water partition coefficient (Wildman–Crippen LogP) is 1.55. The smallest absolute Gasteiger partial charge is 0.272 e. The van der Waals surface area contributed by atoms with Crippen LogP contribution in [0.25, 0.3) is 5.65 Å². The predicted molar refractivity (Wildman–Crippen MR) is 90.9 cm³/mol. The molecule has 0 saturated carbocycles. The summed E-state index contributed by atoms with van der Waals surface area (Å²) in [6.45, 7) is 2.94. The average Bonchev–Trinajstić information content (AvgIpc) is 2.94. The molecule has 0 bridgehead atoms. The van der Waals surface area contributed by atoms with Crippen LogP contribution >= 0.6 is 0 Å². The van der Waals surface area contributed by atoms with Crippen LogP contribution in [0.15, 0.2) is 41.3 Å². The van der Waals surface area contributed by atoms with Gasteiger partial charge >= 0.3 is 0 Å². The lowest BCUT2D eigenvalue weighted by Gasteiger charge is -2.26. The van der Waals surface area contributed by atoms with Crippen molar-refractivity contribution in [3.8, 4) is 0 Å². The van der Waals surface area contributed by atoms with Gasteiger partial charge in [-0.3, -0.25) is 19.8 Å². The van der Waals surface area contributed by atoms with Gasteiger partial charge in [-0.2, -0.15) is 0 Å². The van der Waals surface area contributed by atoms with Gasteiger partial charge in [0.25, 0.3) is 5.56 Å². The number of aromatic amines is 1. The molecule has 3 aromatic heterocycles. The molecule has 0 unspecified atom stereocenters. The molecule has 1 atom stereocenters. The lowest BCUT2D eigenvalue weighted by Crippen LogP contribution is -2.29. The molecule has 0 aliphatic heterocycles. The molecule has 7 nitrogen and oxygen atoms in total. The summed E-state index contributed by atoms with van der Waals surface area (Å²) >= 11 is 0. The zero-order chi connectivity index (χ0) is 17.1. The minimum atomic E-state index is -0.113. The quantitative estimate of drug-likeness (QED) is 0.743. The van der Waals surface area contributed by atoms with Crippen molar-refractivity contribution >= 4 is 5.65 Å². The Balaban J connectivity index is 1.87. The molecule has 24 heavy (non-hydrogen) atoms. The monoisotopic (exact) mass is 327 g/mol. The van der Waals surface area contributed by atoms with Crippen molar-refractivity contribution in [1.82, 2.24) is 24.5 Å². The third-order valence-corrected chi connectivity index (χ3v) is 3.93. The molecule has 0 radical (unpaired) electrons. The Morgan fingerprint density at radius 1 is 1.38 bits per heavy atom. The molecule has 0 aliphatic rings. The highest BCUT2D eigenvalue weighted by Gasteiger charge is 2.19. The van der Waals surface area contributed by atoms with Gasteiger partial charge in [0.2, 0.25) is 0 Å². The first kappa shape index (κ1) is 16.4. The second kappa shape index (κ2) is 6.94. The molecular weight excluding hydrogens is 306 g/mol. The van der Waals surface area contributed by atoms with E-state index < -0.39 is 0 Å². The summed E-state index contributed by atoms with van der Waals surface area (Å²) in [5.74, 6) is 0. The van der Waals surface area contributed by atoms with Crippen molar-refractivity contribution < 1.29 is 4.74 Å². The molecule has 0 aromatic carbocycles. The topological polar surface area (TPSA) is 75.5 Å². The van der Waals surface area contributed by atoms with Gasteiger partial charge in [0.05, 0.1) is 24.0 Å². The Morgan fingerprint density at radius 2 is 2.21 bits per heavy atom. The third-order valence-electron chi connectivity index (χ3n) is 3.93. The first-order valence-corrected chi connectivity index (χ1v) is 7.77. The summed E-state index contributed by atoms with van der Waals surface area (Å²) < 4.78 is 6.79. The fourth-order valence-electron chi connectivity index (χ4n) is 2.78. The van der Waals surface area contributed by atoms with E-state index in [1.54, 1.807) is 19.4 Å². The van der Waals surface area contributed by atoms with E-state index in [4.69, 9.17) is 4.74 Å². The van der Waals surface area contributed by atoms with Crippen molar-refractivity contribution in [2.24, 2.45) is 0 Å². The van der Waals surface area contributed by atoms with Gasteiger partial charge in [0.1, 0.15) is 0 Å². The number of nitrogens with zero attached hydrogens (tertiary/aromatic N) is 4. The number of aromatic nitrogens is 4. The van der Waals surface area contributed by atoms with Gasteiger partial charge in [-0.1, -0.05) is 6.07 Å². The fourth-order valence-corrected chi connectivity index (χ4v) is 2.78. The molecule has 126 valence electrons. The molecule has 0 aliphatic carbocycles. The third kappa shape index (κ3) is 3.37. The van der Waals surface area contributed by atoms with Crippen LogP contribution in [-0.2, 0) is 11.3 Å². The minimum Gasteiger partial charge on any atom is -0.383 e. The van der Waals surface area contributed by atoms with Gasteiger partial charge in [-0.15, -0.1) is 0 Å². The summed E-state index contributed by atoms with van der Waals surface area (Å²) in [5.41, 5.74) is 3.06. The van der Waals surface area contributed by atoms with Crippen LogP contribution in [0.3, 0.4) is 0 Å². The lowest BCUT2D eigenvalue weighted by molar-refractivity contribution is 0.0993. The van der Waals surface area contributed by atoms with Crippen LogP contribution in [0.1, 0.15) is 23.1 Å². The maximum atomic E-state index is 12.2. The van der Waals surface area contributed by atoms with Gasteiger partial charge in [0, 0.05) is 37.7 Å². The summed E-state index contributed by atoms with van der Waals surface area (Å²) in [6, 6.07) is 9.22. The van der Waals surface area contributed by atoms with Crippen LogP contribution in [-0.4, -0.2) is 45.2 Å². The number of pyridine rings is 1. The Kier molecular flexibility index (Phi) is 4.73. The Hall–Kier alpha value is -2.51. The number of fused-ring (bicyclic) bond motifs is 1. The Bertz CT molecular complexity index is 872. The molecule has 0 amide bonds. The van der Waals surface area contributed by atoms with Gasteiger partial charge in [-0.05, 0) is 26.1 Å². The number of rotatable bonds is 6. The Morgan fingerprint density at radius 3 is 2.92 bits per heavy atom. The molecule has 3 heterocycles. The van der Waals surface area contributed by atoms with E-state index in [0.717, 1.165) is 17.1 Å². The van der Waals surface area contributed by atoms with E-state index in [0.29, 0.717) is 18.8 Å². The number of methoxy groups -OCH3 is 1. The summed E-state index contributed by atoms with van der Waals surface area (Å²) in [5, 5.41) is 2.97. The number of likely N-dealkylation sites (N-methyl/N-ethyl adjacent to an activating group) is 1. The number of nitrogens with one attached hydrogen (secondary N) is 1. The van der Waals surface area contributed by atoms with Crippen LogP contribution < -0.4 is 5.56 Å². The van der Waals surface area contributed by atoms with Crippen LogP contribution in [0, 0.1) is 6.92 Å². The molecular formula is C17H21N5O2. The minimum absolute atomic E-state index is 0.00980. The maximum Gasteiger partial charge on any atom is 0.272 e. The maximum absolute atomic E-state index is 12.2. The van der Waals surface area contributed by atoms with Crippen LogP contribution in [0.4, 0.5) is 0 Å². The van der Waals surface area contributed by atoms with Crippen LogP contribution in [0.2, 0.25) is 0 Å². The highest BCUT2D eigenvalue weighted by Crippen LogP contribution is 2.19. The zero-order valence-electron chi connectivity index (χ0n) is 14.1. The van der Waals surface area contributed by atoms with Gasteiger partial charge in [-0.25, -0.2) is 9.50 Å². The number of hydrogen-bond donors (Lipinski definition) is 1.